The van der Waals surface area contributed by atoms with Gasteiger partial charge in [-0.1, -0.05) is 0 Å². The first-order valence-electron chi connectivity index (χ1n) is 5.29. The van der Waals surface area contributed by atoms with E-state index in [1.165, 1.54) is 0 Å². The van der Waals surface area contributed by atoms with Gasteiger partial charge in [0.1, 0.15) is 0 Å². The van der Waals surface area contributed by atoms with E-state index in [0.29, 0.717) is 5.92 Å². The fraction of sp³-hybridized carbons (Fsp3) is 1.00. The van der Waals surface area contributed by atoms with Crippen LogP contribution in [0.3, 0.4) is 0 Å². The average Bonchev–Trinajstić information content (AvgIpc) is 2.20. The van der Waals surface area contributed by atoms with Crippen LogP contribution in [0.1, 0.15) is 13.3 Å². The van der Waals surface area contributed by atoms with Gasteiger partial charge in [-0.05, 0) is 20.4 Å². The molecule has 1 heterocycles. The Kier molecular flexibility index (Phi) is 4.81. The third kappa shape index (κ3) is 3.20. The Morgan fingerprint density at radius 1 is 1.64 bits per heavy atom. The summed E-state index contributed by atoms with van der Waals surface area (Å²) in [7, 11) is 2.02. The fourth-order valence-electron chi connectivity index (χ4n) is 1.69. The van der Waals surface area contributed by atoms with Gasteiger partial charge in [0.2, 0.25) is 0 Å². The molecule has 0 aromatic rings. The van der Waals surface area contributed by atoms with Crippen LogP contribution in [-0.4, -0.2) is 55.5 Å². The smallest absolute Gasteiger partial charge is 0.0584 e. The van der Waals surface area contributed by atoms with Crippen molar-refractivity contribution in [3.63, 3.8) is 0 Å². The molecular weight excluding hydrogens is 180 g/mol. The molecule has 1 saturated heterocycles. The van der Waals surface area contributed by atoms with Crippen LogP contribution >= 0.6 is 0 Å². The second kappa shape index (κ2) is 5.66. The van der Waals surface area contributed by atoms with Gasteiger partial charge in [-0.2, -0.15) is 0 Å². The molecule has 14 heavy (non-hydrogen) atoms. The van der Waals surface area contributed by atoms with Crippen LogP contribution in [0.25, 0.3) is 0 Å². The summed E-state index contributed by atoms with van der Waals surface area (Å²) in [6, 6.07) is 0.446. The van der Waals surface area contributed by atoms with Crippen molar-refractivity contribution < 1.29 is 9.84 Å². The molecule has 0 aliphatic carbocycles. The van der Waals surface area contributed by atoms with E-state index in [4.69, 9.17) is 15.6 Å². The largest absolute Gasteiger partial charge is 0.395 e. The summed E-state index contributed by atoms with van der Waals surface area (Å²) in [4.78, 5) is 2.14. The van der Waals surface area contributed by atoms with E-state index in [-0.39, 0.29) is 18.7 Å². The van der Waals surface area contributed by atoms with Crippen molar-refractivity contribution in [1.82, 2.24) is 4.90 Å². The molecule has 84 valence electrons. The number of aliphatic hydroxyl groups excluding tert-OH is 1. The molecule has 0 aromatic carbocycles. The molecule has 0 saturated carbocycles. The minimum atomic E-state index is 0.194. The van der Waals surface area contributed by atoms with Gasteiger partial charge in [0, 0.05) is 31.2 Å². The summed E-state index contributed by atoms with van der Waals surface area (Å²) in [5.41, 5.74) is 6.00. The number of aliphatic hydroxyl groups is 1. The maximum Gasteiger partial charge on any atom is 0.0584 e. The molecule has 4 nitrogen and oxygen atoms in total. The highest BCUT2D eigenvalue weighted by molar-refractivity contribution is 4.79. The van der Waals surface area contributed by atoms with E-state index in [2.05, 4.69) is 4.90 Å². The van der Waals surface area contributed by atoms with E-state index in [9.17, 15) is 0 Å². The predicted molar refractivity (Wildman–Crippen MR) is 56.1 cm³/mol. The summed E-state index contributed by atoms with van der Waals surface area (Å²) in [5.74, 6) is 0.405. The van der Waals surface area contributed by atoms with Crippen LogP contribution in [0.15, 0.2) is 0 Å². The molecular formula is C10H22N2O2. The number of ether oxygens (including phenoxy) is 1. The molecule has 1 rings (SSSR count). The summed E-state index contributed by atoms with van der Waals surface area (Å²) in [6.45, 7) is 4.65. The Balaban J connectivity index is 2.34. The Morgan fingerprint density at radius 3 is 2.93 bits per heavy atom. The number of likely N-dealkylation sites (N-methyl/N-ethyl adjacent to an activating group) is 1. The van der Waals surface area contributed by atoms with Crippen molar-refractivity contribution in [3.05, 3.63) is 0 Å². The predicted octanol–water partition coefficient (Wildman–Crippen LogP) is -0.337. The molecule has 4 heteroatoms. The molecule has 0 amide bonds. The molecule has 3 N–H and O–H groups in total. The van der Waals surface area contributed by atoms with Crippen molar-refractivity contribution in [2.75, 3.05) is 33.4 Å². The van der Waals surface area contributed by atoms with Gasteiger partial charge in [0.25, 0.3) is 0 Å². The molecule has 1 aliphatic heterocycles. The lowest BCUT2D eigenvalue weighted by Gasteiger charge is -2.33. The van der Waals surface area contributed by atoms with Gasteiger partial charge < -0.3 is 20.5 Å². The first-order chi connectivity index (χ1) is 6.65. The third-order valence-corrected chi connectivity index (χ3v) is 3.07. The monoisotopic (exact) mass is 202 g/mol. The first-order valence-corrected chi connectivity index (χ1v) is 5.29. The summed E-state index contributed by atoms with van der Waals surface area (Å²) in [6.07, 6.45) is 0.950. The van der Waals surface area contributed by atoms with Crippen LogP contribution in [0, 0.1) is 5.92 Å². The van der Waals surface area contributed by atoms with Crippen molar-refractivity contribution in [3.8, 4) is 0 Å². The third-order valence-electron chi connectivity index (χ3n) is 3.07. The second-order valence-corrected chi connectivity index (χ2v) is 4.26. The highest BCUT2D eigenvalue weighted by atomic mass is 16.5. The molecule has 3 atom stereocenters. The summed E-state index contributed by atoms with van der Waals surface area (Å²) in [5, 5.41) is 9.00. The number of rotatable bonds is 4. The molecule has 3 unspecified atom stereocenters. The van der Waals surface area contributed by atoms with E-state index >= 15 is 0 Å². The lowest BCUT2D eigenvalue weighted by molar-refractivity contribution is 0.0208. The van der Waals surface area contributed by atoms with E-state index < -0.39 is 0 Å². The SMILES string of the molecule is CC(CO)N(C)CC1COCCC1N. The van der Waals surface area contributed by atoms with Crippen molar-refractivity contribution in [2.45, 2.75) is 25.4 Å². The van der Waals surface area contributed by atoms with E-state index in [1.807, 2.05) is 14.0 Å². The van der Waals surface area contributed by atoms with Crippen molar-refractivity contribution in [1.29, 1.82) is 0 Å². The number of hydrogen-bond donors (Lipinski definition) is 2. The standard InChI is InChI=1S/C10H22N2O2/c1-8(6-13)12(2)5-9-7-14-4-3-10(9)11/h8-10,13H,3-7,11H2,1-2H3. The second-order valence-electron chi connectivity index (χ2n) is 4.26. The minimum Gasteiger partial charge on any atom is -0.395 e. The molecule has 0 bridgehead atoms. The van der Waals surface area contributed by atoms with Gasteiger partial charge in [-0.15, -0.1) is 0 Å². The minimum absolute atomic E-state index is 0.194. The molecule has 1 fully saturated rings. The topological polar surface area (TPSA) is 58.7 Å². The maximum absolute atomic E-state index is 9.00. The quantitative estimate of drug-likeness (QED) is 0.655. The summed E-state index contributed by atoms with van der Waals surface area (Å²) < 4.78 is 5.40. The Morgan fingerprint density at radius 2 is 2.36 bits per heavy atom. The van der Waals surface area contributed by atoms with Gasteiger partial charge >= 0.3 is 0 Å². The molecule has 0 radical (unpaired) electrons. The Bertz CT molecular complexity index is 166. The number of nitrogens with two attached hydrogens (primary N) is 1. The van der Waals surface area contributed by atoms with Gasteiger partial charge in [-0.25, -0.2) is 0 Å². The fourth-order valence-corrected chi connectivity index (χ4v) is 1.69. The highest BCUT2D eigenvalue weighted by Gasteiger charge is 2.24. The van der Waals surface area contributed by atoms with Crippen LogP contribution in [-0.2, 0) is 4.74 Å². The lowest BCUT2D eigenvalue weighted by atomic mass is 9.96. The average molecular weight is 202 g/mol. The maximum atomic E-state index is 9.00. The first kappa shape index (κ1) is 11.9. The molecule has 1 aliphatic rings. The summed E-state index contributed by atoms with van der Waals surface area (Å²) >= 11 is 0. The lowest BCUT2D eigenvalue weighted by Crippen LogP contribution is -2.46. The zero-order valence-electron chi connectivity index (χ0n) is 9.15. The Labute approximate surface area is 86.0 Å². The zero-order chi connectivity index (χ0) is 10.6. The van der Waals surface area contributed by atoms with E-state index in [0.717, 1.165) is 26.2 Å². The zero-order valence-corrected chi connectivity index (χ0v) is 9.15. The van der Waals surface area contributed by atoms with Gasteiger partial charge in [0.15, 0.2) is 0 Å². The van der Waals surface area contributed by atoms with E-state index in [1.54, 1.807) is 0 Å². The molecule has 0 aromatic heterocycles. The van der Waals surface area contributed by atoms with Gasteiger partial charge in [0.05, 0.1) is 13.2 Å². The van der Waals surface area contributed by atoms with Crippen molar-refractivity contribution in [2.24, 2.45) is 11.7 Å². The highest BCUT2D eigenvalue weighted by Crippen LogP contribution is 2.14. The Hall–Kier alpha value is -0.160. The van der Waals surface area contributed by atoms with Crippen LogP contribution in [0.5, 0.6) is 0 Å². The normalized spacial score (nSPS) is 30.6. The van der Waals surface area contributed by atoms with Crippen LogP contribution in [0.4, 0.5) is 0 Å². The van der Waals surface area contributed by atoms with Crippen LogP contribution in [0.2, 0.25) is 0 Å². The van der Waals surface area contributed by atoms with Gasteiger partial charge in [-0.3, -0.25) is 0 Å². The van der Waals surface area contributed by atoms with Crippen LogP contribution < -0.4 is 5.73 Å². The number of nitrogens with zero attached hydrogens (tertiary/aromatic N) is 1. The number of hydrogen-bond acceptors (Lipinski definition) is 4. The molecule has 0 spiro atoms. The van der Waals surface area contributed by atoms with Crippen molar-refractivity contribution >= 4 is 0 Å².